The Morgan fingerprint density at radius 1 is 1.36 bits per heavy atom. The van der Waals surface area contributed by atoms with Gasteiger partial charge in [0.1, 0.15) is 5.66 Å². The van der Waals surface area contributed by atoms with Gasteiger partial charge in [-0.05, 0) is 49.9 Å². The fourth-order valence-electron chi connectivity index (χ4n) is 4.27. The van der Waals surface area contributed by atoms with Crippen LogP contribution < -0.4 is 21.7 Å². The predicted octanol–water partition coefficient (Wildman–Crippen LogP) is 3.33. The summed E-state index contributed by atoms with van der Waals surface area (Å²) in [6.45, 7) is 4.46. The van der Waals surface area contributed by atoms with E-state index in [1.165, 1.54) is 0 Å². The molecule has 1 fully saturated rings. The molecule has 0 radical (unpaired) electrons. The van der Waals surface area contributed by atoms with Gasteiger partial charge in [0, 0.05) is 49.3 Å². The van der Waals surface area contributed by atoms with Crippen LogP contribution in [0.1, 0.15) is 44.2 Å². The van der Waals surface area contributed by atoms with Gasteiger partial charge in [-0.25, -0.2) is 13.6 Å². The van der Waals surface area contributed by atoms with Crippen LogP contribution in [0.15, 0.2) is 30.0 Å². The maximum atomic E-state index is 13.1. The van der Waals surface area contributed by atoms with Crippen molar-refractivity contribution in [1.82, 2.24) is 20.9 Å². The predicted molar refractivity (Wildman–Crippen MR) is 126 cm³/mol. The van der Waals surface area contributed by atoms with Gasteiger partial charge in [0.25, 0.3) is 0 Å². The molecule has 0 bridgehead atoms. The number of carbonyl (C=O) groups is 2. The van der Waals surface area contributed by atoms with E-state index in [0.717, 1.165) is 23.1 Å². The molecule has 0 aromatic heterocycles. The van der Waals surface area contributed by atoms with E-state index < -0.39 is 11.6 Å². The fourth-order valence-corrected chi connectivity index (χ4v) is 4.53. The van der Waals surface area contributed by atoms with Crippen molar-refractivity contribution in [3.8, 4) is 0 Å². The first kappa shape index (κ1) is 27.0. The van der Waals surface area contributed by atoms with Gasteiger partial charge in [-0.1, -0.05) is 30.7 Å². The lowest BCUT2D eigenvalue weighted by atomic mass is 9.77. The Kier molecular flexibility index (Phi) is 9.22. The SMILES string of the molecule is CCCN1C=C(C(C)N)[C@](NC)(c2ccc(CC3CC(F)(F)C3)c(Cl)c2)NC1=O.CNC=O. The largest absolute Gasteiger partial charge is 0.362 e. The molecule has 5 N–H and O–H groups in total. The molecule has 184 valence electrons. The lowest BCUT2D eigenvalue weighted by Crippen LogP contribution is -2.63. The number of nitrogens with one attached hydrogen (secondary N) is 3. The Balaban J connectivity index is 0.000000890. The zero-order valence-corrected chi connectivity index (χ0v) is 20.3. The van der Waals surface area contributed by atoms with Crippen LogP contribution in [0.5, 0.6) is 0 Å². The summed E-state index contributed by atoms with van der Waals surface area (Å²) in [7, 11) is 3.32. The summed E-state index contributed by atoms with van der Waals surface area (Å²) in [6.07, 6.45) is 3.60. The van der Waals surface area contributed by atoms with Crippen molar-refractivity contribution in [3.05, 3.63) is 46.1 Å². The van der Waals surface area contributed by atoms with Crippen LogP contribution in [0.4, 0.5) is 13.6 Å². The number of hydrogen-bond acceptors (Lipinski definition) is 4. The van der Waals surface area contributed by atoms with Gasteiger partial charge in [0.15, 0.2) is 0 Å². The third-order valence-corrected chi connectivity index (χ3v) is 6.25. The summed E-state index contributed by atoms with van der Waals surface area (Å²) in [5.41, 5.74) is 7.67. The normalized spacial score (nSPS) is 22.8. The minimum Gasteiger partial charge on any atom is -0.362 e. The number of halogens is 3. The number of nitrogens with two attached hydrogens (primary N) is 1. The highest BCUT2D eigenvalue weighted by molar-refractivity contribution is 6.31. The Bertz CT molecular complexity index is 872. The van der Waals surface area contributed by atoms with Gasteiger partial charge >= 0.3 is 6.03 Å². The fraction of sp³-hybridized carbons (Fsp3) is 0.565. The smallest absolute Gasteiger partial charge is 0.323 e. The highest BCUT2D eigenvalue weighted by atomic mass is 35.5. The molecule has 2 atom stereocenters. The maximum Gasteiger partial charge on any atom is 0.323 e. The topological polar surface area (TPSA) is 99.5 Å². The van der Waals surface area contributed by atoms with Crippen LogP contribution in [0.25, 0.3) is 0 Å². The first-order chi connectivity index (χ1) is 15.5. The molecule has 3 rings (SSSR count). The highest BCUT2D eigenvalue weighted by Crippen LogP contribution is 2.44. The number of carbonyl (C=O) groups excluding carboxylic acids is 2. The van der Waals surface area contributed by atoms with Gasteiger partial charge in [0.05, 0.1) is 0 Å². The van der Waals surface area contributed by atoms with Crippen LogP contribution >= 0.6 is 11.6 Å². The second-order valence-electron chi connectivity index (χ2n) is 8.54. The van der Waals surface area contributed by atoms with Crippen molar-refractivity contribution in [3.63, 3.8) is 0 Å². The molecule has 1 saturated carbocycles. The summed E-state index contributed by atoms with van der Waals surface area (Å²) < 4.78 is 26.3. The number of amides is 3. The molecule has 2 aliphatic rings. The Morgan fingerprint density at radius 3 is 2.45 bits per heavy atom. The summed E-state index contributed by atoms with van der Waals surface area (Å²) in [5.74, 6) is -2.59. The third-order valence-electron chi connectivity index (χ3n) is 5.90. The van der Waals surface area contributed by atoms with Crippen LogP contribution in [-0.2, 0) is 16.9 Å². The second kappa shape index (κ2) is 11.3. The average Bonchev–Trinajstić information content (AvgIpc) is 2.75. The van der Waals surface area contributed by atoms with Crippen molar-refractivity contribution >= 4 is 24.0 Å². The number of hydrogen-bond donors (Lipinski definition) is 4. The first-order valence-corrected chi connectivity index (χ1v) is 11.4. The average molecular weight is 486 g/mol. The molecule has 3 amide bonds. The molecule has 1 aromatic carbocycles. The van der Waals surface area contributed by atoms with E-state index >= 15 is 0 Å². The quantitative estimate of drug-likeness (QED) is 0.424. The molecule has 1 aliphatic heterocycles. The molecule has 10 heteroatoms. The van der Waals surface area contributed by atoms with E-state index in [9.17, 15) is 13.6 Å². The molecule has 0 spiro atoms. The molecule has 1 heterocycles. The van der Waals surface area contributed by atoms with Crippen molar-refractivity contribution < 1.29 is 18.4 Å². The Morgan fingerprint density at radius 2 is 2.00 bits per heavy atom. The molecular formula is C23H34ClF2N5O2. The summed E-state index contributed by atoms with van der Waals surface area (Å²) in [6, 6.07) is 4.98. The number of likely N-dealkylation sites (N-methyl/N-ethyl adjacent to an activating group) is 1. The van der Waals surface area contributed by atoms with Crippen molar-refractivity contribution in [2.75, 3.05) is 20.6 Å². The monoisotopic (exact) mass is 485 g/mol. The van der Waals surface area contributed by atoms with E-state index in [1.54, 1.807) is 25.1 Å². The first-order valence-electron chi connectivity index (χ1n) is 11.1. The minimum atomic E-state index is -2.54. The number of alkyl halides is 2. The summed E-state index contributed by atoms with van der Waals surface area (Å²) in [4.78, 5) is 23.4. The van der Waals surface area contributed by atoms with E-state index in [0.29, 0.717) is 24.4 Å². The highest BCUT2D eigenvalue weighted by Gasteiger charge is 2.45. The zero-order chi connectivity index (χ0) is 24.8. The molecular weight excluding hydrogens is 452 g/mol. The van der Waals surface area contributed by atoms with Crippen LogP contribution in [0, 0.1) is 5.92 Å². The third kappa shape index (κ3) is 6.22. The van der Waals surface area contributed by atoms with Gasteiger partial charge < -0.3 is 21.3 Å². The number of urea groups is 1. The zero-order valence-electron chi connectivity index (χ0n) is 19.6. The summed E-state index contributed by atoms with van der Waals surface area (Å²) >= 11 is 6.52. The van der Waals surface area contributed by atoms with Gasteiger partial charge in [-0.15, -0.1) is 0 Å². The van der Waals surface area contributed by atoms with E-state index in [2.05, 4.69) is 16.0 Å². The maximum absolute atomic E-state index is 13.1. The Hall–Kier alpha value is -2.23. The van der Waals surface area contributed by atoms with Crippen LogP contribution in [0.3, 0.4) is 0 Å². The standard InChI is InChI=1S/C21H29ClF2N4O.C2H5NO/c1-4-7-28-12-17(13(2)25)21(26-3,27-19(28)29)16-6-5-15(18(22)9-16)8-14-10-20(23,24)11-14;1-3-2-4/h5-6,9,12-14,26H,4,7-8,10-11,25H2,1-3H3,(H,27,29);2H,1H3,(H,3,4)/t13?,21-;/m0./s1. The molecule has 1 aromatic rings. The molecule has 0 saturated heterocycles. The van der Waals surface area contributed by atoms with Gasteiger partial charge in [-0.2, -0.15) is 0 Å². The number of benzene rings is 1. The van der Waals surface area contributed by atoms with Crippen molar-refractivity contribution in [2.24, 2.45) is 11.7 Å². The lowest BCUT2D eigenvalue weighted by Gasteiger charge is -2.44. The van der Waals surface area contributed by atoms with Crippen molar-refractivity contribution in [2.45, 2.75) is 57.2 Å². The second-order valence-corrected chi connectivity index (χ2v) is 8.95. The van der Waals surface area contributed by atoms with Crippen molar-refractivity contribution in [1.29, 1.82) is 0 Å². The minimum absolute atomic E-state index is 0.0527. The van der Waals surface area contributed by atoms with Gasteiger partial charge in [-0.3, -0.25) is 10.1 Å². The number of nitrogens with zero attached hydrogens (tertiary/aromatic N) is 1. The lowest BCUT2D eigenvalue weighted by molar-refractivity contribution is -0.110. The molecule has 1 unspecified atom stereocenters. The number of rotatable bonds is 8. The molecule has 7 nitrogen and oxygen atoms in total. The van der Waals surface area contributed by atoms with E-state index in [-0.39, 0.29) is 30.8 Å². The Labute approximate surface area is 199 Å². The van der Waals surface area contributed by atoms with E-state index in [4.69, 9.17) is 22.1 Å². The molecule has 33 heavy (non-hydrogen) atoms. The molecule has 1 aliphatic carbocycles. The van der Waals surface area contributed by atoms with Gasteiger partial charge in [0.2, 0.25) is 12.3 Å². The van der Waals surface area contributed by atoms with E-state index in [1.807, 2.05) is 32.2 Å². The van der Waals surface area contributed by atoms with Crippen LogP contribution in [0.2, 0.25) is 5.02 Å². The van der Waals surface area contributed by atoms with Crippen LogP contribution in [-0.4, -0.2) is 49.9 Å². The summed E-state index contributed by atoms with van der Waals surface area (Å²) in [5, 5.41) is 9.02.